The van der Waals surface area contributed by atoms with Crippen molar-refractivity contribution in [2.75, 3.05) is 13.7 Å². The summed E-state index contributed by atoms with van der Waals surface area (Å²) in [5.74, 6) is 0.750. The zero-order chi connectivity index (χ0) is 24.3. The van der Waals surface area contributed by atoms with Crippen LogP contribution in [-0.4, -0.2) is 39.0 Å². The number of amides is 1. The number of hydrogen-bond donors (Lipinski definition) is 0. The number of rotatable bonds is 8. The van der Waals surface area contributed by atoms with Gasteiger partial charge in [0, 0.05) is 18.5 Å². The third kappa shape index (κ3) is 5.32. The highest BCUT2D eigenvalue weighted by atomic mass is 32.2. The summed E-state index contributed by atoms with van der Waals surface area (Å²) in [5.41, 5.74) is 5.04. The van der Waals surface area contributed by atoms with Crippen LogP contribution < -0.4 is 4.74 Å². The fraction of sp³-hybridized carbons (Fsp3) is 0.296. The van der Waals surface area contributed by atoms with E-state index in [9.17, 15) is 13.2 Å². The van der Waals surface area contributed by atoms with Crippen molar-refractivity contribution in [1.29, 1.82) is 0 Å². The Morgan fingerprint density at radius 3 is 2.44 bits per heavy atom. The molecule has 0 aliphatic carbocycles. The summed E-state index contributed by atoms with van der Waals surface area (Å²) >= 11 is 0. The van der Waals surface area contributed by atoms with Gasteiger partial charge in [0.1, 0.15) is 5.75 Å². The van der Waals surface area contributed by atoms with Crippen molar-refractivity contribution in [2.24, 2.45) is 0 Å². The van der Waals surface area contributed by atoms with E-state index in [2.05, 4.69) is 6.07 Å². The van der Waals surface area contributed by atoms with E-state index in [1.54, 1.807) is 24.1 Å². The lowest BCUT2D eigenvalue weighted by atomic mass is 10.00. The van der Waals surface area contributed by atoms with Gasteiger partial charge in [0.15, 0.2) is 0 Å². The minimum absolute atomic E-state index is 0.00532. The first kappa shape index (κ1) is 24.0. The van der Waals surface area contributed by atoms with E-state index >= 15 is 0 Å². The summed E-state index contributed by atoms with van der Waals surface area (Å²) in [4.78, 5) is 14.5. The van der Waals surface area contributed by atoms with Crippen LogP contribution in [0.15, 0.2) is 71.6 Å². The standard InChI is InChI=1S/C27H29NO5S/c1-19-7-11-24(12-8-19)34(30,31)33-18-23-10-14-27(29)28(23)17-21-9-13-26(32-3)25(16-21)22-6-4-5-20(2)15-22/h4-9,11-13,15-16,23H,10,14,17-18H2,1-3H3. The summed E-state index contributed by atoms with van der Waals surface area (Å²) in [7, 11) is -2.25. The van der Waals surface area contributed by atoms with Crippen molar-refractivity contribution in [3.63, 3.8) is 0 Å². The van der Waals surface area contributed by atoms with Gasteiger partial charge in [0.05, 0.1) is 24.7 Å². The second-order valence-electron chi connectivity index (χ2n) is 8.67. The van der Waals surface area contributed by atoms with Gasteiger partial charge in [-0.15, -0.1) is 0 Å². The topological polar surface area (TPSA) is 72.9 Å². The van der Waals surface area contributed by atoms with Gasteiger partial charge in [-0.25, -0.2) is 0 Å². The third-order valence-electron chi connectivity index (χ3n) is 6.12. The summed E-state index contributed by atoms with van der Waals surface area (Å²) in [6.07, 6.45) is 0.933. The first-order valence-corrected chi connectivity index (χ1v) is 12.7. The minimum Gasteiger partial charge on any atom is -0.496 e. The second kappa shape index (κ2) is 9.99. The molecular formula is C27H29NO5S. The maximum atomic E-state index is 12.6. The molecule has 0 bridgehead atoms. The molecule has 1 aliphatic rings. The van der Waals surface area contributed by atoms with Crippen molar-refractivity contribution in [3.05, 3.63) is 83.4 Å². The molecule has 1 unspecified atom stereocenters. The predicted molar refractivity (Wildman–Crippen MR) is 131 cm³/mol. The molecule has 1 aliphatic heterocycles. The van der Waals surface area contributed by atoms with Crippen LogP contribution in [0.2, 0.25) is 0 Å². The van der Waals surface area contributed by atoms with E-state index < -0.39 is 10.1 Å². The Balaban J connectivity index is 1.51. The Morgan fingerprint density at radius 2 is 1.74 bits per heavy atom. The molecule has 6 nitrogen and oxygen atoms in total. The summed E-state index contributed by atoms with van der Waals surface area (Å²) in [5, 5.41) is 0. The normalized spacial score (nSPS) is 16.1. The molecule has 4 rings (SSSR count). The fourth-order valence-electron chi connectivity index (χ4n) is 4.21. The molecule has 1 saturated heterocycles. The van der Waals surface area contributed by atoms with Crippen LogP contribution in [0, 0.1) is 13.8 Å². The summed E-state index contributed by atoms with van der Waals surface area (Å²) < 4.78 is 36.1. The van der Waals surface area contributed by atoms with E-state index in [1.807, 2.05) is 50.2 Å². The lowest BCUT2D eigenvalue weighted by Crippen LogP contribution is -2.36. The quantitative estimate of drug-likeness (QED) is 0.431. The van der Waals surface area contributed by atoms with Gasteiger partial charge in [-0.3, -0.25) is 8.98 Å². The number of ether oxygens (including phenoxy) is 1. The molecule has 1 fully saturated rings. The van der Waals surface area contributed by atoms with Crippen molar-refractivity contribution >= 4 is 16.0 Å². The number of likely N-dealkylation sites (tertiary alicyclic amines) is 1. The smallest absolute Gasteiger partial charge is 0.297 e. The van der Waals surface area contributed by atoms with Crippen molar-refractivity contribution in [2.45, 2.75) is 44.2 Å². The lowest BCUT2D eigenvalue weighted by molar-refractivity contribution is -0.129. The highest BCUT2D eigenvalue weighted by Gasteiger charge is 2.32. The van der Waals surface area contributed by atoms with Gasteiger partial charge < -0.3 is 9.64 Å². The van der Waals surface area contributed by atoms with E-state index in [0.29, 0.717) is 19.4 Å². The highest BCUT2D eigenvalue weighted by Crippen LogP contribution is 2.33. The van der Waals surface area contributed by atoms with E-state index in [-0.39, 0.29) is 23.5 Å². The number of methoxy groups -OCH3 is 1. The molecule has 0 spiro atoms. The van der Waals surface area contributed by atoms with E-state index in [0.717, 1.165) is 33.6 Å². The molecule has 0 saturated carbocycles. The Morgan fingerprint density at radius 1 is 0.971 bits per heavy atom. The van der Waals surface area contributed by atoms with Gasteiger partial charge in [-0.1, -0.05) is 53.6 Å². The maximum Gasteiger partial charge on any atom is 0.297 e. The third-order valence-corrected chi connectivity index (χ3v) is 7.42. The molecular weight excluding hydrogens is 450 g/mol. The molecule has 0 radical (unpaired) electrons. The number of nitrogens with zero attached hydrogens (tertiary/aromatic N) is 1. The van der Waals surface area contributed by atoms with Gasteiger partial charge in [0.25, 0.3) is 10.1 Å². The van der Waals surface area contributed by atoms with E-state index in [4.69, 9.17) is 8.92 Å². The van der Waals surface area contributed by atoms with Crippen LogP contribution in [0.3, 0.4) is 0 Å². The Bertz CT molecular complexity index is 1280. The monoisotopic (exact) mass is 479 g/mol. The number of benzene rings is 3. The molecule has 3 aromatic rings. The van der Waals surface area contributed by atoms with Gasteiger partial charge in [0.2, 0.25) is 5.91 Å². The van der Waals surface area contributed by atoms with Crippen LogP contribution >= 0.6 is 0 Å². The van der Waals surface area contributed by atoms with Gasteiger partial charge in [-0.05, 0) is 55.7 Å². The average molecular weight is 480 g/mol. The Kier molecular flexibility index (Phi) is 7.05. The minimum atomic E-state index is -3.89. The SMILES string of the molecule is COc1ccc(CN2C(=O)CCC2COS(=O)(=O)c2ccc(C)cc2)cc1-c1cccc(C)c1. The van der Waals surface area contributed by atoms with Crippen LogP contribution in [0.1, 0.15) is 29.5 Å². The maximum absolute atomic E-state index is 12.6. The van der Waals surface area contributed by atoms with Gasteiger partial charge >= 0.3 is 0 Å². The van der Waals surface area contributed by atoms with Gasteiger partial charge in [-0.2, -0.15) is 8.42 Å². The molecule has 178 valence electrons. The fourth-order valence-corrected chi connectivity index (χ4v) is 5.15. The molecule has 0 aromatic heterocycles. The first-order chi connectivity index (χ1) is 16.3. The van der Waals surface area contributed by atoms with Crippen LogP contribution in [0.5, 0.6) is 5.75 Å². The second-order valence-corrected chi connectivity index (χ2v) is 10.3. The predicted octanol–water partition coefficient (Wildman–Crippen LogP) is 4.88. The molecule has 3 aromatic carbocycles. The zero-order valence-electron chi connectivity index (χ0n) is 19.7. The number of hydrogen-bond acceptors (Lipinski definition) is 5. The molecule has 0 N–H and O–H groups in total. The summed E-state index contributed by atoms with van der Waals surface area (Å²) in [6, 6.07) is 20.3. The largest absolute Gasteiger partial charge is 0.496 e. The number of carbonyl (C=O) groups excluding carboxylic acids is 1. The number of aryl methyl sites for hydroxylation is 2. The van der Waals surface area contributed by atoms with Crippen LogP contribution in [0.4, 0.5) is 0 Å². The Hall–Kier alpha value is -3.16. The molecule has 1 heterocycles. The number of carbonyl (C=O) groups is 1. The van der Waals surface area contributed by atoms with Crippen LogP contribution in [0.25, 0.3) is 11.1 Å². The Labute approximate surface area is 201 Å². The van der Waals surface area contributed by atoms with Crippen molar-refractivity contribution in [1.82, 2.24) is 4.90 Å². The molecule has 34 heavy (non-hydrogen) atoms. The lowest BCUT2D eigenvalue weighted by Gasteiger charge is -2.25. The average Bonchev–Trinajstić information content (AvgIpc) is 3.17. The molecule has 1 amide bonds. The zero-order valence-corrected chi connectivity index (χ0v) is 20.5. The van der Waals surface area contributed by atoms with E-state index in [1.165, 1.54) is 12.1 Å². The highest BCUT2D eigenvalue weighted by molar-refractivity contribution is 7.86. The molecule has 7 heteroatoms. The first-order valence-electron chi connectivity index (χ1n) is 11.3. The summed E-state index contributed by atoms with van der Waals surface area (Å²) in [6.45, 7) is 4.24. The molecule has 1 atom stereocenters. The van der Waals surface area contributed by atoms with Crippen LogP contribution in [-0.2, 0) is 25.6 Å². The van der Waals surface area contributed by atoms with Crippen molar-refractivity contribution in [3.8, 4) is 16.9 Å². The van der Waals surface area contributed by atoms with Crippen molar-refractivity contribution < 1.29 is 22.1 Å².